The van der Waals surface area contributed by atoms with Crippen LogP contribution in [0.2, 0.25) is 5.28 Å². The van der Waals surface area contributed by atoms with E-state index in [0.717, 1.165) is 15.9 Å². The Morgan fingerprint density at radius 1 is 1.28 bits per heavy atom. The minimum absolute atomic E-state index is 0.235. The van der Waals surface area contributed by atoms with E-state index < -0.39 is 0 Å². The smallest absolute Gasteiger partial charge is 0.225 e. The first-order valence-corrected chi connectivity index (χ1v) is 6.54. The number of nitrogens with one attached hydrogen (secondary N) is 2. The number of aromatic nitrogens is 4. The third-order valence-electron chi connectivity index (χ3n) is 2.44. The van der Waals surface area contributed by atoms with Crippen molar-refractivity contribution in [1.29, 1.82) is 0 Å². The number of hydrogen-bond acceptors (Lipinski definition) is 5. The quantitative estimate of drug-likeness (QED) is 0.705. The van der Waals surface area contributed by atoms with Gasteiger partial charge in [0.2, 0.25) is 5.28 Å². The molecule has 0 bridgehead atoms. The highest BCUT2D eigenvalue weighted by molar-refractivity contribution is 7.18. The Morgan fingerprint density at radius 3 is 2.83 bits per heavy atom. The number of rotatable bonds is 2. The molecule has 0 fully saturated rings. The van der Waals surface area contributed by atoms with Gasteiger partial charge in [0.15, 0.2) is 5.82 Å². The van der Waals surface area contributed by atoms with E-state index in [1.807, 2.05) is 26.0 Å². The summed E-state index contributed by atoms with van der Waals surface area (Å²) in [6, 6.07) is 3.94. The molecule has 0 unspecified atom stereocenters. The molecule has 0 aliphatic heterocycles. The number of fused-ring (bicyclic) bond motifs is 1. The van der Waals surface area contributed by atoms with Gasteiger partial charge in [-0.1, -0.05) is 0 Å². The van der Waals surface area contributed by atoms with E-state index >= 15 is 0 Å². The second-order valence-corrected chi connectivity index (χ2v) is 5.55. The first-order chi connectivity index (χ1) is 8.61. The number of thiophene rings is 1. The molecule has 2 N–H and O–H groups in total. The maximum Gasteiger partial charge on any atom is 0.225 e. The largest absolute Gasteiger partial charge is 0.323 e. The number of aryl methyl sites for hydroxylation is 2. The summed E-state index contributed by atoms with van der Waals surface area (Å²) in [5.41, 5.74) is 0.982. The molecule has 0 aliphatic rings. The van der Waals surface area contributed by atoms with Crippen LogP contribution in [-0.2, 0) is 0 Å². The van der Waals surface area contributed by atoms with Crippen LogP contribution in [0.25, 0.3) is 10.2 Å². The molecular formula is C11H10ClN5S. The van der Waals surface area contributed by atoms with Crippen LogP contribution in [0, 0.1) is 13.8 Å². The second-order valence-electron chi connectivity index (χ2n) is 3.98. The summed E-state index contributed by atoms with van der Waals surface area (Å²) in [7, 11) is 0. The summed E-state index contributed by atoms with van der Waals surface area (Å²) in [5, 5.41) is 11.3. The Bertz CT molecular complexity index is 717. The predicted molar refractivity (Wildman–Crippen MR) is 73.8 cm³/mol. The Kier molecular flexibility index (Phi) is 2.68. The highest BCUT2D eigenvalue weighted by Crippen LogP contribution is 2.30. The molecule has 0 spiro atoms. The highest BCUT2D eigenvalue weighted by atomic mass is 35.5. The number of halogens is 1. The van der Waals surface area contributed by atoms with E-state index in [9.17, 15) is 0 Å². The molecule has 0 radical (unpaired) electrons. The van der Waals surface area contributed by atoms with Crippen LogP contribution in [0.15, 0.2) is 12.1 Å². The number of nitrogens with zero attached hydrogens (tertiary/aromatic N) is 3. The third-order valence-corrected chi connectivity index (χ3v) is 3.55. The Labute approximate surface area is 112 Å². The van der Waals surface area contributed by atoms with Gasteiger partial charge >= 0.3 is 0 Å². The van der Waals surface area contributed by atoms with Crippen LogP contribution in [-0.4, -0.2) is 20.2 Å². The summed E-state index contributed by atoms with van der Waals surface area (Å²) in [5.74, 6) is 1.40. The van der Waals surface area contributed by atoms with E-state index in [1.54, 1.807) is 11.3 Å². The van der Waals surface area contributed by atoms with Crippen molar-refractivity contribution in [3.8, 4) is 0 Å². The Balaban J connectivity index is 2.10. The van der Waals surface area contributed by atoms with Crippen LogP contribution in [0.1, 0.15) is 10.6 Å². The van der Waals surface area contributed by atoms with E-state index in [0.29, 0.717) is 11.6 Å². The van der Waals surface area contributed by atoms with Crippen molar-refractivity contribution >= 4 is 44.8 Å². The van der Waals surface area contributed by atoms with Crippen molar-refractivity contribution in [2.24, 2.45) is 0 Å². The van der Waals surface area contributed by atoms with E-state index in [4.69, 9.17) is 11.6 Å². The minimum Gasteiger partial charge on any atom is -0.323 e. The maximum atomic E-state index is 5.92. The molecule has 0 aromatic carbocycles. The molecule has 7 heteroatoms. The van der Waals surface area contributed by atoms with Gasteiger partial charge in [-0.2, -0.15) is 10.1 Å². The number of H-pyrrole nitrogens is 1. The Morgan fingerprint density at radius 2 is 2.11 bits per heavy atom. The second kappa shape index (κ2) is 4.22. The fraction of sp³-hybridized carbons (Fsp3) is 0.182. The average molecular weight is 280 g/mol. The van der Waals surface area contributed by atoms with Gasteiger partial charge in [-0.3, -0.25) is 5.10 Å². The van der Waals surface area contributed by atoms with Crippen molar-refractivity contribution in [3.63, 3.8) is 0 Å². The van der Waals surface area contributed by atoms with E-state index in [1.165, 1.54) is 4.88 Å². The van der Waals surface area contributed by atoms with Crippen LogP contribution in [0.5, 0.6) is 0 Å². The van der Waals surface area contributed by atoms with Crippen molar-refractivity contribution in [2.45, 2.75) is 13.8 Å². The number of anilines is 2. The van der Waals surface area contributed by atoms with Gasteiger partial charge in [-0.25, -0.2) is 4.98 Å². The van der Waals surface area contributed by atoms with Gasteiger partial charge in [-0.05, 0) is 31.5 Å². The van der Waals surface area contributed by atoms with E-state index in [-0.39, 0.29) is 5.28 Å². The Hall–Kier alpha value is -1.66. The van der Waals surface area contributed by atoms with Crippen molar-refractivity contribution in [2.75, 3.05) is 5.32 Å². The summed E-state index contributed by atoms with van der Waals surface area (Å²) in [6.07, 6.45) is 0. The van der Waals surface area contributed by atoms with Gasteiger partial charge < -0.3 is 5.32 Å². The van der Waals surface area contributed by atoms with Gasteiger partial charge in [0.1, 0.15) is 10.6 Å². The van der Waals surface area contributed by atoms with Gasteiger partial charge in [0, 0.05) is 16.6 Å². The molecule has 3 rings (SSSR count). The molecule has 0 saturated heterocycles. The summed E-state index contributed by atoms with van der Waals surface area (Å²) in [6.45, 7) is 3.97. The van der Waals surface area contributed by atoms with E-state index in [2.05, 4.69) is 25.5 Å². The lowest BCUT2D eigenvalue weighted by molar-refractivity contribution is 1.05. The molecule has 0 aliphatic carbocycles. The lowest BCUT2D eigenvalue weighted by Gasteiger charge is -2.03. The zero-order valence-corrected chi connectivity index (χ0v) is 11.4. The molecule has 18 heavy (non-hydrogen) atoms. The lowest BCUT2D eigenvalue weighted by atomic mass is 10.3. The fourth-order valence-electron chi connectivity index (χ4n) is 1.71. The summed E-state index contributed by atoms with van der Waals surface area (Å²) < 4.78 is 0. The van der Waals surface area contributed by atoms with Gasteiger partial charge in [0.25, 0.3) is 0 Å². The highest BCUT2D eigenvalue weighted by Gasteiger charge is 2.10. The SMILES string of the molecule is Cc1cc(Nc2nc(Cl)nc3sc(C)cc23)n[nH]1. The fourth-order valence-corrected chi connectivity index (χ4v) is 2.81. The first kappa shape index (κ1) is 11.4. The molecule has 92 valence electrons. The number of aromatic amines is 1. The van der Waals surface area contributed by atoms with Gasteiger partial charge in [-0.15, -0.1) is 11.3 Å². The molecule has 0 saturated carbocycles. The maximum absolute atomic E-state index is 5.92. The van der Waals surface area contributed by atoms with Crippen LogP contribution < -0.4 is 5.32 Å². The van der Waals surface area contributed by atoms with Crippen molar-refractivity contribution < 1.29 is 0 Å². The topological polar surface area (TPSA) is 66.5 Å². The zero-order valence-electron chi connectivity index (χ0n) is 9.78. The van der Waals surface area contributed by atoms with Crippen LogP contribution >= 0.6 is 22.9 Å². The third kappa shape index (κ3) is 2.04. The molecule has 0 atom stereocenters. The standard InChI is InChI=1S/C11H10ClN5S/c1-5-3-8(17-16-5)13-9-7-4-6(2)18-10(7)15-11(12)14-9/h3-4H,1-2H3,(H2,13,14,15,16,17). The molecule has 0 amide bonds. The predicted octanol–water partition coefficient (Wildman–Crippen LogP) is 3.43. The summed E-state index contributed by atoms with van der Waals surface area (Å²) in [4.78, 5) is 10.5. The van der Waals surface area contributed by atoms with Crippen LogP contribution in [0.3, 0.4) is 0 Å². The first-order valence-electron chi connectivity index (χ1n) is 5.34. The molecular weight excluding hydrogens is 270 g/mol. The molecule has 3 heterocycles. The van der Waals surface area contributed by atoms with Crippen LogP contribution in [0.4, 0.5) is 11.6 Å². The average Bonchev–Trinajstić information content (AvgIpc) is 2.84. The van der Waals surface area contributed by atoms with Crippen molar-refractivity contribution in [3.05, 3.63) is 28.0 Å². The zero-order chi connectivity index (χ0) is 12.7. The number of hydrogen-bond donors (Lipinski definition) is 2. The van der Waals surface area contributed by atoms with Gasteiger partial charge in [0.05, 0.1) is 5.39 Å². The lowest BCUT2D eigenvalue weighted by Crippen LogP contribution is -1.96. The molecule has 3 aromatic heterocycles. The molecule has 3 aromatic rings. The monoisotopic (exact) mass is 279 g/mol. The normalized spacial score (nSPS) is 11.1. The summed E-state index contributed by atoms with van der Waals surface area (Å²) >= 11 is 7.51. The molecule has 5 nitrogen and oxygen atoms in total. The minimum atomic E-state index is 0.235. The van der Waals surface area contributed by atoms with Crippen molar-refractivity contribution in [1.82, 2.24) is 20.2 Å².